The number of aromatic nitrogens is 1. The van der Waals surface area contributed by atoms with Crippen LogP contribution in [0.3, 0.4) is 0 Å². The molecule has 3 aromatic rings. The summed E-state index contributed by atoms with van der Waals surface area (Å²) >= 11 is 1.52. The van der Waals surface area contributed by atoms with Gasteiger partial charge in [-0.25, -0.2) is 13.4 Å². The topological polar surface area (TPSA) is 70.6 Å². The maximum Gasteiger partial charge on any atom is 0.243 e. The highest BCUT2D eigenvalue weighted by Crippen LogP contribution is 2.32. The summed E-state index contributed by atoms with van der Waals surface area (Å²) in [7, 11) is -2.98. The number of hydrogen-bond acceptors (Lipinski definition) is 6. The van der Waals surface area contributed by atoms with Crippen LogP contribution >= 0.6 is 11.3 Å². The van der Waals surface area contributed by atoms with Crippen molar-refractivity contribution in [1.29, 1.82) is 0 Å². The summed E-state index contributed by atoms with van der Waals surface area (Å²) < 4.78 is 24.5. The minimum atomic E-state index is -2.98. The van der Waals surface area contributed by atoms with Crippen LogP contribution in [0.4, 0.5) is 5.13 Å². The Morgan fingerprint density at radius 1 is 1.10 bits per heavy atom. The fraction of sp³-hybridized carbons (Fsp3) is 0.364. The molecule has 30 heavy (non-hydrogen) atoms. The van der Waals surface area contributed by atoms with E-state index in [0.29, 0.717) is 24.8 Å². The summed E-state index contributed by atoms with van der Waals surface area (Å²) in [5.41, 5.74) is 4.27. The number of thiazole rings is 1. The number of nitrogens with zero attached hydrogens (tertiary/aromatic N) is 3. The molecule has 0 radical (unpaired) electrons. The van der Waals surface area contributed by atoms with Crippen LogP contribution in [0.2, 0.25) is 0 Å². The van der Waals surface area contributed by atoms with Crippen molar-refractivity contribution >= 4 is 42.4 Å². The van der Waals surface area contributed by atoms with Crippen molar-refractivity contribution in [3.05, 3.63) is 59.2 Å². The van der Waals surface area contributed by atoms with E-state index in [0.717, 1.165) is 21.3 Å². The van der Waals surface area contributed by atoms with Crippen LogP contribution < -0.4 is 4.90 Å². The number of anilines is 1. The first kappa shape index (κ1) is 21.0. The molecule has 0 spiro atoms. The van der Waals surface area contributed by atoms with E-state index in [-0.39, 0.29) is 24.0 Å². The summed E-state index contributed by atoms with van der Waals surface area (Å²) in [6.07, 6.45) is 0. The van der Waals surface area contributed by atoms with Gasteiger partial charge in [0.2, 0.25) is 5.91 Å². The minimum Gasteiger partial charge on any atom is -0.292 e. The second kappa shape index (κ2) is 8.45. The van der Waals surface area contributed by atoms with Crippen molar-refractivity contribution in [1.82, 2.24) is 9.88 Å². The Labute approximate surface area is 181 Å². The van der Waals surface area contributed by atoms with Gasteiger partial charge in [0, 0.05) is 13.1 Å². The lowest BCUT2D eigenvalue weighted by Gasteiger charge is -2.28. The van der Waals surface area contributed by atoms with Gasteiger partial charge in [-0.15, -0.1) is 0 Å². The van der Waals surface area contributed by atoms with Crippen molar-refractivity contribution in [2.75, 3.05) is 36.0 Å². The molecule has 8 heteroatoms. The smallest absolute Gasteiger partial charge is 0.243 e. The van der Waals surface area contributed by atoms with Crippen molar-refractivity contribution in [3.8, 4) is 0 Å². The number of benzene rings is 2. The highest BCUT2D eigenvalue weighted by molar-refractivity contribution is 7.91. The molecule has 4 rings (SSSR count). The summed E-state index contributed by atoms with van der Waals surface area (Å²) in [6, 6.07) is 14.0. The third-order valence-corrected chi connectivity index (χ3v) is 8.24. The Balaban J connectivity index is 1.63. The highest BCUT2D eigenvalue weighted by atomic mass is 32.2. The van der Waals surface area contributed by atoms with Gasteiger partial charge >= 0.3 is 0 Å². The molecule has 0 saturated carbocycles. The highest BCUT2D eigenvalue weighted by Gasteiger charge is 2.27. The van der Waals surface area contributed by atoms with Crippen molar-refractivity contribution in [2.24, 2.45) is 0 Å². The molecule has 0 N–H and O–H groups in total. The molecule has 1 fully saturated rings. The van der Waals surface area contributed by atoms with Gasteiger partial charge in [-0.05, 0) is 36.6 Å². The standard InChI is InChI=1S/C22H25N3O3S2/c1-16-8-9-19-21(17(16)2)23-22(29-19)25(14-18-6-4-3-5-7-18)20(26)15-24-10-12-30(27,28)13-11-24/h3-9H,10-15H2,1-2H3. The summed E-state index contributed by atoms with van der Waals surface area (Å²) in [6.45, 7) is 5.53. The van der Waals surface area contributed by atoms with Gasteiger partial charge in [-0.3, -0.25) is 14.6 Å². The van der Waals surface area contributed by atoms with Crippen LogP contribution in [-0.2, 0) is 21.2 Å². The van der Waals surface area contributed by atoms with E-state index in [1.54, 1.807) is 4.90 Å². The molecule has 0 unspecified atom stereocenters. The zero-order valence-corrected chi connectivity index (χ0v) is 18.8. The molecule has 1 saturated heterocycles. The fourth-order valence-electron chi connectivity index (χ4n) is 3.54. The maximum atomic E-state index is 13.3. The number of aryl methyl sites for hydroxylation is 2. The van der Waals surface area contributed by atoms with Crippen LogP contribution in [0.25, 0.3) is 10.2 Å². The monoisotopic (exact) mass is 443 g/mol. The Bertz CT molecular complexity index is 1160. The second-order valence-corrected chi connectivity index (χ2v) is 11.1. The van der Waals surface area contributed by atoms with Gasteiger partial charge in [-0.1, -0.05) is 47.7 Å². The maximum absolute atomic E-state index is 13.3. The molecule has 6 nitrogen and oxygen atoms in total. The lowest BCUT2D eigenvalue weighted by molar-refractivity contribution is -0.119. The lowest BCUT2D eigenvalue weighted by Crippen LogP contribution is -2.46. The zero-order valence-electron chi connectivity index (χ0n) is 17.2. The number of amides is 1. The van der Waals surface area contributed by atoms with E-state index in [9.17, 15) is 13.2 Å². The average Bonchev–Trinajstić information content (AvgIpc) is 3.16. The molecule has 2 aromatic carbocycles. The van der Waals surface area contributed by atoms with Crippen LogP contribution in [0.15, 0.2) is 42.5 Å². The molecule has 2 heterocycles. The van der Waals surface area contributed by atoms with Gasteiger partial charge in [0.05, 0.1) is 34.8 Å². The van der Waals surface area contributed by atoms with Gasteiger partial charge in [-0.2, -0.15) is 0 Å². The molecular formula is C22H25N3O3S2. The molecule has 0 atom stereocenters. The quantitative estimate of drug-likeness (QED) is 0.606. The molecule has 1 aliphatic rings. The predicted molar refractivity (Wildman–Crippen MR) is 122 cm³/mol. The average molecular weight is 444 g/mol. The summed E-state index contributed by atoms with van der Waals surface area (Å²) in [4.78, 5) is 21.8. The molecule has 158 valence electrons. The molecule has 0 aliphatic carbocycles. The van der Waals surface area contributed by atoms with Crippen molar-refractivity contribution in [2.45, 2.75) is 20.4 Å². The number of hydrogen-bond donors (Lipinski definition) is 0. The van der Waals surface area contributed by atoms with Gasteiger partial charge < -0.3 is 0 Å². The first-order valence-corrected chi connectivity index (χ1v) is 12.6. The van der Waals surface area contributed by atoms with E-state index in [4.69, 9.17) is 4.98 Å². The largest absolute Gasteiger partial charge is 0.292 e. The fourth-order valence-corrected chi connectivity index (χ4v) is 5.86. The summed E-state index contributed by atoms with van der Waals surface area (Å²) in [5.74, 6) is 0.156. The number of carbonyl (C=O) groups excluding carboxylic acids is 1. The molecular weight excluding hydrogens is 418 g/mol. The Kier molecular flexibility index (Phi) is 5.90. The van der Waals surface area contributed by atoms with E-state index < -0.39 is 9.84 Å². The number of fused-ring (bicyclic) bond motifs is 1. The zero-order chi connectivity index (χ0) is 21.3. The molecule has 1 amide bonds. The third-order valence-electron chi connectivity index (χ3n) is 5.58. The van der Waals surface area contributed by atoms with Crippen LogP contribution in [-0.4, -0.2) is 55.3 Å². The Morgan fingerprint density at radius 3 is 2.50 bits per heavy atom. The molecule has 1 aliphatic heterocycles. The first-order valence-electron chi connectivity index (χ1n) is 9.96. The summed E-state index contributed by atoms with van der Waals surface area (Å²) in [5, 5.41) is 0.678. The van der Waals surface area contributed by atoms with Crippen molar-refractivity contribution < 1.29 is 13.2 Å². The Morgan fingerprint density at radius 2 is 1.80 bits per heavy atom. The third kappa shape index (κ3) is 4.55. The number of sulfone groups is 1. The lowest BCUT2D eigenvalue weighted by atomic mass is 10.1. The minimum absolute atomic E-state index is 0.0633. The second-order valence-electron chi connectivity index (χ2n) is 7.74. The number of carbonyl (C=O) groups is 1. The van der Waals surface area contributed by atoms with Gasteiger partial charge in [0.15, 0.2) is 15.0 Å². The SMILES string of the molecule is Cc1ccc2sc(N(Cc3ccccc3)C(=O)CN3CCS(=O)(=O)CC3)nc2c1C. The molecule has 0 bridgehead atoms. The van der Waals surface area contributed by atoms with Gasteiger partial charge in [0.1, 0.15) is 0 Å². The first-order chi connectivity index (χ1) is 14.3. The van der Waals surface area contributed by atoms with Crippen LogP contribution in [0, 0.1) is 13.8 Å². The van der Waals surface area contributed by atoms with E-state index in [1.165, 1.54) is 16.9 Å². The van der Waals surface area contributed by atoms with E-state index in [1.807, 2.05) is 35.2 Å². The van der Waals surface area contributed by atoms with E-state index >= 15 is 0 Å². The predicted octanol–water partition coefficient (Wildman–Crippen LogP) is 3.18. The van der Waals surface area contributed by atoms with E-state index in [2.05, 4.69) is 26.0 Å². The number of rotatable bonds is 5. The van der Waals surface area contributed by atoms with Crippen molar-refractivity contribution in [3.63, 3.8) is 0 Å². The van der Waals surface area contributed by atoms with Crippen LogP contribution in [0.5, 0.6) is 0 Å². The van der Waals surface area contributed by atoms with Crippen LogP contribution in [0.1, 0.15) is 16.7 Å². The van der Waals surface area contributed by atoms with Gasteiger partial charge in [0.25, 0.3) is 0 Å². The normalized spacial score (nSPS) is 16.6. The Hall–Kier alpha value is -2.29. The molecule has 1 aromatic heterocycles.